The Kier molecular flexibility index (Phi) is 4.36. The van der Waals surface area contributed by atoms with Crippen LogP contribution in [0.4, 0.5) is 13.2 Å². The summed E-state index contributed by atoms with van der Waals surface area (Å²) >= 11 is 0. The molecule has 3 aromatic rings. The van der Waals surface area contributed by atoms with E-state index < -0.39 is 11.7 Å². The molecule has 1 aliphatic rings. The van der Waals surface area contributed by atoms with Crippen LogP contribution >= 0.6 is 0 Å². The molecule has 0 aliphatic heterocycles. The van der Waals surface area contributed by atoms with Crippen LogP contribution in [-0.2, 0) is 6.18 Å². The highest BCUT2D eigenvalue weighted by Crippen LogP contribution is 2.38. The molecule has 0 radical (unpaired) electrons. The van der Waals surface area contributed by atoms with E-state index in [9.17, 15) is 18.0 Å². The van der Waals surface area contributed by atoms with E-state index in [-0.39, 0.29) is 34.5 Å². The largest absolute Gasteiger partial charge is 0.417 e. The van der Waals surface area contributed by atoms with E-state index in [1.54, 1.807) is 11.8 Å². The first kappa shape index (κ1) is 18.5. The molecule has 0 spiro atoms. The van der Waals surface area contributed by atoms with Gasteiger partial charge in [0.1, 0.15) is 0 Å². The first-order chi connectivity index (χ1) is 13.3. The highest BCUT2D eigenvalue weighted by atomic mass is 19.4. The summed E-state index contributed by atoms with van der Waals surface area (Å²) in [7, 11) is 0. The average molecular weight is 389 g/mol. The van der Waals surface area contributed by atoms with Gasteiger partial charge in [-0.25, -0.2) is 4.98 Å². The summed E-state index contributed by atoms with van der Waals surface area (Å²) in [5, 5.41) is 4.30. The SMILES string of the molecule is CCN(C(=O)c1cc(-c2ccccc2C(F)(F)F)nc2onc(C)c12)C1CC1. The van der Waals surface area contributed by atoms with Crippen molar-refractivity contribution >= 4 is 17.0 Å². The van der Waals surface area contributed by atoms with Crippen molar-refractivity contribution in [1.82, 2.24) is 15.0 Å². The fraction of sp³-hybridized carbons (Fsp3) is 0.350. The first-order valence-electron chi connectivity index (χ1n) is 9.05. The van der Waals surface area contributed by atoms with Gasteiger partial charge in [0.2, 0.25) is 0 Å². The van der Waals surface area contributed by atoms with E-state index >= 15 is 0 Å². The predicted molar refractivity (Wildman–Crippen MR) is 96.7 cm³/mol. The normalized spacial score (nSPS) is 14.5. The summed E-state index contributed by atoms with van der Waals surface area (Å²) < 4.78 is 45.6. The Morgan fingerprint density at radius 3 is 2.64 bits per heavy atom. The predicted octanol–water partition coefficient (Wildman–Crippen LogP) is 4.84. The van der Waals surface area contributed by atoms with Crippen LogP contribution in [0.2, 0.25) is 0 Å². The molecule has 4 rings (SSSR count). The summed E-state index contributed by atoms with van der Waals surface area (Å²) in [6.45, 7) is 4.09. The number of benzene rings is 1. The molecule has 1 saturated carbocycles. The Morgan fingerprint density at radius 2 is 2.00 bits per heavy atom. The maximum atomic E-state index is 13.5. The molecule has 0 atom stereocenters. The quantitative estimate of drug-likeness (QED) is 0.641. The molecule has 2 heterocycles. The van der Waals surface area contributed by atoms with E-state index in [0.29, 0.717) is 17.6 Å². The van der Waals surface area contributed by atoms with E-state index in [1.807, 2.05) is 6.92 Å². The fourth-order valence-electron chi connectivity index (χ4n) is 3.46. The van der Waals surface area contributed by atoms with Gasteiger partial charge in [0.25, 0.3) is 11.6 Å². The van der Waals surface area contributed by atoms with E-state index in [2.05, 4.69) is 10.1 Å². The molecular formula is C20H18F3N3O2. The van der Waals surface area contributed by atoms with Crippen molar-refractivity contribution in [3.05, 3.63) is 47.2 Å². The number of hydrogen-bond acceptors (Lipinski definition) is 4. The molecule has 8 heteroatoms. The molecule has 0 saturated heterocycles. The lowest BCUT2D eigenvalue weighted by Gasteiger charge is -2.21. The van der Waals surface area contributed by atoms with Gasteiger partial charge in [-0.15, -0.1) is 0 Å². The third-order valence-corrected chi connectivity index (χ3v) is 4.95. The van der Waals surface area contributed by atoms with Crippen LogP contribution < -0.4 is 0 Å². The van der Waals surface area contributed by atoms with Crippen molar-refractivity contribution in [2.24, 2.45) is 0 Å². The lowest BCUT2D eigenvalue weighted by atomic mass is 10.00. The third-order valence-electron chi connectivity index (χ3n) is 4.95. The number of aromatic nitrogens is 2. The van der Waals surface area contributed by atoms with Gasteiger partial charge >= 0.3 is 6.18 Å². The number of pyridine rings is 1. The number of carbonyl (C=O) groups excluding carboxylic acids is 1. The number of halogens is 3. The molecular weight excluding hydrogens is 371 g/mol. The number of aryl methyl sites for hydroxylation is 1. The van der Waals surface area contributed by atoms with Crippen molar-refractivity contribution in [2.75, 3.05) is 6.54 Å². The van der Waals surface area contributed by atoms with Crippen molar-refractivity contribution in [1.29, 1.82) is 0 Å². The lowest BCUT2D eigenvalue weighted by Crippen LogP contribution is -2.33. The zero-order valence-corrected chi connectivity index (χ0v) is 15.4. The molecule has 5 nitrogen and oxygen atoms in total. The molecule has 0 N–H and O–H groups in total. The van der Waals surface area contributed by atoms with Gasteiger partial charge in [-0.3, -0.25) is 4.79 Å². The molecule has 146 valence electrons. The van der Waals surface area contributed by atoms with Crippen molar-refractivity contribution in [3.8, 4) is 11.3 Å². The Morgan fingerprint density at radius 1 is 1.29 bits per heavy atom. The molecule has 28 heavy (non-hydrogen) atoms. The van der Waals surface area contributed by atoms with Crippen LogP contribution in [-0.4, -0.2) is 33.5 Å². The summed E-state index contributed by atoms with van der Waals surface area (Å²) in [6, 6.07) is 6.76. The van der Waals surface area contributed by atoms with Crippen LogP contribution in [0.5, 0.6) is 0 Å². The van der Waals surface area contributed by atoms with Crippen molar-refractivity contribution in [2.45, 2.75) is 38.9 Å². The van der Waals surface area contributed by atoms with Crippen molar-refractivity contribution in [3.63, 3.8) is 0 Å². The molecule has 0 bridgehead atoms. The number of nitrogens with zero attached hydrogens (tertiary/aromatic N) is 3. The zero-order chi connectivity index (χ0) is 20.1. The standard InChI is InChI=1S/C20H18F3N3O2/c1-3-26(12-8-9-12)19(27)14-10-16(24-18-17(14)11(2)25-28-18)13-6-4-5-7-15(13)20(21,22)23/h4-7,10,12H,3,8-9H2,1-2H3. The van der Waals surface area contributed by atoms with Crippen LogP contribution in [0.15, 0.2) is 34.9 Å². The Labute approximate surface area is 159 Å². The van der Waals surface area contributed by atoms with E-state index in [1.165, 1.54) is 24.3 Å². The monoisotopic (exact) mass is 389 g/mol. The summed E-state index contributed by atoms with van der Waals surface area (Å²) in [5.41, 5.74) is -0.0766. The molecule has 1 fully saturated rings. The molecule has 2 aromatic heterocycles. The average Bonchev–Trinajstić information content (AvgIpc) is 3.43. The smallest absolute Gasteiger partial charge is 0.336 e. The first-order valence-corrected chi connectivity index (χ1v) is 9.05. The Bertz CT molecular complexity index is 1050. The maximum absolute atomic E-state index is 13.5. The number of amides is 1. The minimum absolute atomic E-state index is 0.0341. The van der Waals surface area contributed by atoms with Gasteiger partial charge in [0.05, 0.1) is 27.9 Å². The second kappa shape index (κ2) is 6.61. The topological polar surface area (TPSA) is 59.2 Å². The number of rotatable bonds is 4. The van der Waals surface area contributed by atoms with Gasteiger partial charge < -0.3 is 9.42 Å². The molecule has 0 unspecified atom stereocenters. The highest BCUT2D eigenvalue weighted by Gasteiger charge is 2.36. The fourth-order valence-corrected chi connectivity index (χ4v) is 3.46. The van der Waals surface area contributed by atoms with E-state index in [0.717, 1.165) is 18.9 Å². The molecule has 1 amide bonds. The van der Waals surface area contributed by atoms with Gasteiger partial charge in [-0.1, -0.05) is 23.4 Å². The minimum Gasteiger partial charge on any atom is -0.336 e. The second-order valence-corrected chi connectivity index (χ2v) is 6.87. The van der Waals surface area contributed by atoms with Crippen molar-refractivity contribution < 1.29 is 22.5 Å². The van der Waals surface area contributed by atoms with Crippen LogP contribution in [0.1, 0.15) is 41.4 Å². The number of hydrogen-bond donors (Lipinski definition) is 0. The summed E-state index contributed by atoms with van der Waals surface area (Å²) in [6.07, 6.45) is -2.68. The Balaban J connectivity index is 1.92. The number of fused-ring (bicyclic) bond motifs is 1. The van der Waals surface area contributed by atoms with Gasteiger partial charge in [0.15, 0.2) is 0 Å². The zero-order valence-electron chi connectivity index (χ0n) is 15.4. The second-order valence-electron chi connectivity index (χ2n) is 6.87. The minimum atomic E-state index is -4.54. The van der Waals surface area contributed by atoms with E-state index in [4.69, 9.17) is 4.52 Å². The summed E-state index contributed by atoms with van der Waals surface area (Å²) in [4.78, 5) is 19.2. The number of alkyl halides is 3. The molecule has 1 aliphatic carbocycles. The summed E-state index contributed by atoms with van der Waals surface area (Å²) in [5.74, 6) is -0.241. The van der Waals surface area contributed by atoms with Gasteiger partial charge in [-0.05, 0) is 38.8 Å². The van der Waals surface area contributed by atoms with Crippen LogP contribution in [0.25, 0.3) is 22.4 Å². The Hall–Kier alpha value is -2.90. The van der Waals surface area contributed by atoms with Gasteiger partial charge in [0, 0.05) is 18.2 Å². The highest BCUT2D eigenvalue weighted by molar-refractivity contribution is 6.07. The van der Waals surface area contributed by atoms with Gasteiger partial charge in [-0.2, -0.15) is 13.2 Å². The number of carbonyl (C=O) groups is 1. The third kappa shape index (κ3) is 3.12. The molecule has 1 aromatic carbocycles. The maximum Gasteiger partial charge on any atom is 0.417 e. The van der Waals surface area contributed by atoms with Crippen LogP contribution in [0.3, 0.4) is 0 Å². The van der Waals surface area contributed by atoms with Crippen LogP contribution in [0, 0.1) is 6.92 Å². The lowest BCUT2D eigenvalue weighted by molar-refractivity contribution is -0.137.